The molecule has 11 heavy (non-hydrogen) atoms. The number of rotatable bonds is 4. The summed E-state index contributed by atoms with van der Waals surface area (Å²) < 4.78 is 9.34. The molecule has 66 valence electrons. The van der Waals surface area contributed by atoms with Crippen molar-refractivity contribution in [2.24, 2.45) is 0 Å². The van der Waals surface area contributed by atoms with Crippen molar-refractivity contribution < 1.29 is 19.4 Å². The molecule has 1 amide bonds. The van der Waals surface area contributed by atoms with E-state index in [9.17, 15) is 4.79 Å². The van der Waals surface area contributed by atoms with Gasteiger partial charge in [0.1, 0.15) is 6.10 Å². The number of hydrogen-bond acceptors (Lipinski definition) is 4. The van der Waals surface area contributed by atoms with Crippen LogP contribution in [0.2, 0.25) is 0 Å². The van der Waals surface area contributed by atoms with Crippen molar-refractivity contribution in [3.8, 4) is 0 Å². The van der Waals surface area contributed by atoms with Gasteiger partial charge in [0.15, 0.2) is 0 Å². The van der Waals surface area contributed by atoms with E-state index < -0.39 is 12.2 Å². The van der Waals surface area contributed by atoms with Crippen LogP contribution in [0.3, 0.4) is 0 Å². The summed E-state index contributed by atoms with van der Waals surface area (Å²) >= 11 is 0. The van der Waals surface area contributed by atoms with Crippen LogP contribution in [0.25, 0.3) is 0 Å². The summed E-state index contributed by atoms with van der Waals surface area (Å²) in [6.07, 6.45) is -1.15. The number of amides is 1. The molecule has 1 atom stereocenters. The Balaban J connectivity index is 3.58. The summed E-state index contributed by atoms with van der Waals surface area (Å²) in [5.74, 6) is 0. The molecule has 0 fully saturated rings. The molecule has 0 radical (unpaired) electrons. The summed E-state index contributed by atoms with van der Waals surface area (Å²) in [7, 11) is 2.92. The number of alkyl carbamates (subject to hydrolysis) is 1. The number of ether oxygens (including phenoxy) is 2. The summed E-state index contributed by atoms with van der Waals surface area (Å²) in [5.41, 5.74) is 0. The first-order chi connectivity index (χ1) is 5.24. The Morgan fingerprint density at radius 1 is 1.73 bits per heavy atom. The van der Waals surface area contributed by atoms with Crippen LogP contribution in [0.15, 0.2) is 0 Å². The van der Waals surface area contributed by atoms with Crippen molar-refractivity contribution in [2.45, 2.75) is 6.10 Å². The second-order valence-corrected chi connectivity index (χ2v) is 1.92. The SMILES string of the molecule is CNC(=O)O[C@H](CO)COC. The lowest BCUT2D eigenvalue weighted by molar-refractivity contribution is 0.00872. The average molecular weight is 163 g/mol. The predicted octanol–water partition coefficient (Wildman–Crippen LogP) is -0.650. The van der Waals surface area contributed by atoms with E-state index in [1.807, 2.05) is 0 Å². The minimum absolute atomic E-state index is 0.198. The van der Waals surface area contributed by atoms with Crippen LogP contribution in [-0.2, 0) is 9.47 Å². The van der Waals surface area contributed by atoms with Crippen LogP contribution >= 0.6 is 0 Å². The molecular formula is C6H13NO4. The van der Waals surface area contributed by atoms with E-state index in [1.165, 1.54) is 14.2 Å². The number of nitrogens with one attached hydrogen (secondary N) is 1. The largest absolute Gasteiger partial charge is 0.441 e. The summed E-state index contributed by atoms with van der Waals surface area (Å²) in [4.78, 5) is 10.6. The van der Waals surface area contributed by atoms with Gasteiger partial charge in [-0.2, -0.15) is 0 Å². The van der Waals surface area contributed by atoms with E-state index in [2.05, 4.69) is 14.8 Å². The summed E-state index contributed by atoms with van der Waals surface area (Å²) in [5, 5.41) is 10.9. The topological polar surface area (TPSA) is 67.8 Å². The fraction of sp³-hybridized carbons (Fsp3) is 0.833. The van der Waals surface area contributed by atoms with E-state index in [0.29, 0.717) is 0 Å². The molecule has 0 spiro atoms. The maximum atomic E-state index is 10.6. The van der Waals surface area contributed by atoms with Gasteiger partial charge in [0.2, 0.25) is 0 Å². The number of carbonyl (C=O) groups excluding carboxylic acids is 1. The van der Waals surface area contributed by atoms with Gasteiger partial charge >= 0.3 is 6.09 Å². The van der Waals surface area contributed by atoms with Crippen LogP contribution < -0.4 is 5.32 Å². The Morgan fingerprint density at radius 2 is 2.36 bits per heavy atom. The van der Waals surface area contributed by atoms with Crippen molar-refractivity contribution in [2.75, 3.05) is 27.4 Å². The molecule has 0 aliphatic carbocycles. The second-order valence-electron chi connectivity index (χ2n) is 1.92. The maximum absolute atomic E-state index is 10.6. The van der Waals surface area contributed by atoms with E-state index in [-0.39, 0.29) is 13.2 Å². The third-order valence-corrected chi connectivity index (χ3v) is 1.03. The van der Waals surface area contributed by atoms with Crippen molar-refractivity contribution >= 4 is 6.09 Å². The lowest BCUT2D eigenvalue weighted by Gasteiger charge is -2.13. The highest BCUT2D eigenvalue weighted by Gasteiger charge is 2.10. The number of methoxy groups -OCH3 is 1. The number of aliphatic hydroxyl groups is 1. The molecule has 0 unspecified atom stereocenters. The molecule has 0 rings (SSSR count). The molecule has 5 nitrogen and oxygen atoms in total. The first-order valence-corrected chi connectivity index (χ1v) is 3.22. The monoisotopic (exact) mass is 163 g/mol. The number of carbonyl (C=O) groups is 1. The van der Waals surface area contributed by atoms with Crippen molar-refractivity contribution in [3.63, 3.8) is 0 Å². The molecule has 0 bridgehead atoms. The van der Waals surface area contributed by atoms with Gasteiger partial charge in [0.05, 0.1) is 13.2 Å². The number of hydrogen-bond donors (Lipinski definition) is 2. The highest BCUT2D eigenvalue weighted by molar-refractivity contribution is 5.66. The van der Waals surface area contributed by atoms with E-state index in [0.717, 1.165) is 0 Å². The Labute approximate surface area is 65.3 Å². The molecule has 0 aromatic rings. The first kappa shape index (κ1) is 10.2. The fourth-order valence-electron chi connectivity index (χ4n) is 0.520. The van der Waals surface area contributed by atoms with E-state index in [1.54, 1.807) is 0 Å². The van der Waals surface area contributed by atoms with Crippen LogP contribution in [0.5, 0.6) is 0 Å². The Bertz CT molecular complexity index is 117. The van der Waals surface area contributed by atoms with Gasteiger partial charge in [-0.25, -0.2) is 4.79 Å². The number of aliphatic hydroxyl groups excluding tert-OH is 1. The van der Waals surface area contributed by atoms with Gasteiger partial charge in [-0.3, -0.25) is 0 Å². The third-order valence-electron chi connectivity index (χ3n) is 1.03. The van der Waals surface area contributed by atoms with Gasteiger partial charge < -0.3 is 19.9 Å². The quantitative estimate of drug-likeness (QED) is 0.578. The van der Waals surface area contributed by atoms with Crippen molar-refractivity contribution in [1.82, 2.24) is 5.32 Å². The molecule has 5 heteroatoms. The minimum atomic E-state index is -0.583. The van der Waals surface area contributed by atoms with Crippen molar-refractivity contribution in [1.29, 1.82) is 0 Å². The fourth-order valence-corrected chi connectivity index (χ4v) is 0.520. The molecular weight excluding hydrogens is 150 g/mol. The van der Waals surface area contributed by atoms with Crippen LogP contribution in [0.1, 0.15) is 0 Å². The highest BCUT2D eigenvalue weighted by Crippen LogP contribution is 1.91. The maximum Gasteiger partial charge on any atom is 0.407 e. The van der Waals surface area contributed by atoms with Crippen LogP contribution in [0, 0.1) is 0 Å². The Kier molecular flexibility index (Phi) is 5.50. The molecule has 0 aliphatic rings. The molecule has 0 aliphatic heterocycles. The van der Waals surface area contributed by atoms with E-state index >= 15 is 0 Å². The van der Waals surface area contributed by atoms with Gasteiger partial charge in [-0.05, 0) is 0 Å². The molecule has 0 aromatic heterocycles. The van der Waals surface area contributed by atoms with E-state index in [4.69, 9.17) is 5.11 Å². The Hall–Kier alpha value is -0.810. The predicted molar refractivity (Wildman–Crippen MR) is 38.3 cm³/mol. The standard InChI is InChI=1S/C6H13NO4/c1-7-6(9)11-5(3-8)4-10-2/h5,8H,3-4H2,1-2H3,(H,7,9)/t5-/m1/s1. The first-order valence-electron chi connectivity index (χ1n) is 3.22. The van der Waals surface area contributed by atoms with Gasteiger partial charge in [0, 0.05) is 14.2 Å². The van der Waals surface area contributed by atoms with Crippen molar-refractivity contribution in [3.05, 3.63) is 0 Å². The third kappa shape index (κ3) is 4.58. The molecule has 0 aromatic carbocycles. The second kappa shape index (κ2) is 5.94. The van der Waals surface area contributed by atoms with Crippen LogP contribution in [0.4, 0.5) is 4.79 Å². The highest BCUT2D eigenvalue weighted by atomic mass is 16.6. The minimum Gasteiger partial charge on any atom is -0.441 e. The zero-order valence-electron chi connectivity index (χ0n) is 6.66. The molecule has 0 heterocycles. The zero-order chi connectivity index (χ0) is 8.69. The summed E-state index contributed by atoms with van der Waals surface area (Å²) in [6, 6.07) is 0. The normalized spacial score (nSPS) is 12.3. The smallest absolute Gasteiger partial charge is 0.407 e. The Morgan fingerprint density at radius 3 is 2.73 bits per heavy atom. The van der Waals surface area contributed by atoms with Gasteiger partial charge in [-0.15, -0.1) is 0 Å². The van der Waals surface area contributed by atoms with Gasteiger partial charge in [-0.1, -0.05) is 0 Å². The lowest BCUT2D eigenvalue weighted by atomic mass is 10.4. The average Bonchev–Trinajstić information content (AvgIpc) is 2.03. The lowest BCUT2D eigenvalue weighted by Crippen LogP contribution is -2.31. The molecule has 0 saturated carbocycles. The van der Waals surface area contributed by atoms with Crippen LogP contribution in [-0.4, -0.2) is 44.7 Å². The van der Waals surface area contributed by atoms with Gasteiger partial charge in [0.25, 0.3) is 0 Å². The molecule has 2 N–H and O–H groups in total. The molecule has 0 saturated heterocycles. The zero-order valence-corrected chi connectivity index (χ0v) is 6.66. The summed E-state index contributed by atoms with van der Waals surface area (Å²) in [6.45, 7) is -0.0365.